The largest absolute Gasteiger partial charge is 0.431 e. The highest BCUT2D eigenvalue weighted by molar-refractivity contribution is 6.30. The van der Waals surface area contributed by atoms with Gasteiger partial charge < -0.3 is 14.2 Å². The molecule has 1 aliphatic carbocycles. The molecule has 2 aromatic rings. The molecule has 144 valence electrons. The molecule has 4 nitrogen and oxygen atoms in total. The van der Waals surface area contributed by atoms with Gasteiger partial charge in [-0.1, -0.05) is 23.7 Å². The highest BCUT2D eigenvalue weighted by atomic mass is 35.5. The molecule has 27 heavy (non-hydrogen) atoms. The minimum Gasteiger partial charge on any atom is -0.378 e. The molecule has 0 bridgehead atoms. The number of amides is 1. The van der Waals surface area contributed by atoms with Crippen LogP contribution in [0.3, 0.4) is 0 Å². The standard InChI is InChI=1S/C19H18ClF3N2O2/c20-13-3-1-12(2-4-13)15-11-16(19(21,22)23)25(14-5-6-14)17(15)18(26)24-7-9-27-10-8-24/h1-4,11,14H,5-10H2. The highest BCUT2D eigenvalue weighted by Crippen LogP contribution is 2.45. The predicted octanol–water partition coefficient (Wildman–Crippen LogP) is 4.63. The van der Waals surface area contributed by atoms with Crippen molar-refractivity contribution >= 4 is 17.5 Å². The fraction of sp³-hybridized carbons (Fsp3) is 0.421. The number of hydrogen-bond donors (Lipinski definition) is 0. The van der Waals surface area contributed by atoms with Crippen molar-refractivity contribution in [1.82, 2.24) is 9.47 Å². The van der Waals surface area contributed by atoms with Crippen LogP contribution in [-0.4, -0.2) is 41.7 Å². The summed E-state index contributed by atoms with van der Waals surface area (Å²) < 4.78 is 47.6. The van der Waals surface area contributed by atoms with Crippen LogP contribution in [0.4, 0.5) is 13.2 Å². The van der Waals surface area contributed by atoms with Gasteiger partial charge in [-0.3, -0.25) is 4.79 Å². The lowest BCUT2D eigenvalue weighted by Crippen LogP contribution is -2.41. The van der Waals surface area contributed by atoms with Gasteiger partial charge in [-0.25, -0.2) is 0 Å². The molecule has 8 heteroatoms. The Labute approximate surface area is 159 Å². The Morgan fingerprint density at radius 2 is 1.74 bits per heavy atom. The molecule has 2 heterocycles. The van der Waals surface area contributed by atoms with Crippen molar-refractivity contribution in [2.45, 2.75) is 25.1 Å². The Morgan fingerprint density at radius 1 is 1.11 bits per heavy atom. The van der Waals surface area contributed by atoms with Crippen LogP contribution in [0.15, 0.2) is 30.3 Å². The molecule has 1 aromatic carbocycles. The third kappa shape index (κ3) is 3.58. The molecular weight excluding hydrogens is 381 g/mol. The maximum atomic E-state index is 13.7. The molecule has 0 unspecified atom stereocenters. The monoisotopic (exact) mass is 398 g/mol. The van der Waals surface area contributed by atoms with E-state index in [1.54, 1.807) is 29.2 Å². The van der Waals surface area contributed by atoms with Gasteiger partial charge in [0.2, 0.25) is 0 Å². The Kier molecular flexibility index (Phi) is 4.68. The predicted molar refractivity (Wildman–Crippen MR) is 94.9 cm³/mol. The third-order valence-corrected chi connectivity index (χ3v) is 5.15. The molecule has 1 amide bonds. The second kappa shape index (κ2) is 6.87. The summed E-state index contributed by atoms with van der Waals surface area (Å²) in [6.07, 6.45) is -3.25. The summed E-state index contributed by atoms with van der Waals surface area (Å²) in [7, 11) is 0. The van der Waals surface area contributed by atoms with E-state index in [1.165, 1.54) is 4.57 Å². The second-order valence-corrected chi connectivity index (χ2v) is 7.24. The van der Waals surface area contributed by atoms with Crippen molar-refractivity contribution in [1.29, 1.82) is 0 Å². The summed E-state index contributed by atoms with van der Waals surface area (Å²) in [5, 5.41) is 0.484. The summed E-state index contributed by atoms with van der Waals surface area (Å²) in [4.78, 5) is 14.8. The van der Waals surface area contributed by atoms with E-state index in [-0.39, 0.29) is 17.6 Å². The summed E-state index contributed by atoms with van der Waals surface area (Å²) >= 11 is 5.92. The summed E-state index contributed by atoms with van der Waals surface area (Å²) in [6, 6.07) is 7.32. The Balaban J connectivity index is 1.88. The average molecular weight is 399 g/mol. The summed E-state index contributed by atoms with van der Waals surface area (Å²) in [6.45, 7) is 1.52. The number of aromatic nitrogens is 1. The summed E-state index contributed by atoms with van der Waals surface area (Å²) in [5.41, 5.74) is 0.170. The first-order chi connectivity index (χ1) is 12.9. The maximum absolute atomic E-state index is 13.7. The molecule has 0 N–H and O–H groups in total. The molecule has 4 rings (SSSR count). The van der Waals surface area contributed by atoms with Gasteiger partial charge in [0.05, 0.1) is 13.2 Å². The summed E-state index contributed by atoms with van der Waals surface area (Å²) in [5.74, 6) is -0.384. The van der Waals surface area contributed by atoms with Crippen molar-refractivity contribution in [3.8, 4) is 11.1 Å². The smallest absolute Gasteiger partial charge is 0.378 e. The lowest BCUT2D eigenvalue weighted by Gasteiger charge is -2.28. The zero-order valence-electron chi connectivity index (χ0n) is 14.4. The zero-order valence-corrected chi connectivity index (χ0v) is 15.2. The lowest BCUT2D eigenvalue weighted by atomic mass is 10.0. The molecular formula is C19H18ClF3N2O2. The van der Waals surface area contributed by atoms with Crippen LogP contribution in [0.2, 0.25) is 5.02 Å². The number of carbonyl (C=O) groups excluding carboxylic acids is 1. The van der Waals surface area contributed by atoms with E-state index >= 15 is 0 Å². The van der Waals surface area contributed by atoms with E-state index in [9.17, 15) is 18.0 Å². The van der Waals surface area contributed by atoms with Crippen LogP contribution < -0.4 is 0 Å². The van der Waals surface area contributed by atoms with E-state index in [1.807, 2.05) is 0 Å². The SMILES string of the molecule is O=C(c1c(-c2ccc(Cl)cc2)cc(C(F)(F)F)n1C1CC1)N1CCOCC1. The van der Waals surface area contributed by atoms with Gasteiger partial charge in [0.15, 0.2) is 0 Å². The lowest BCUT2D eigenvalue weighted by molar-refractivity contribution is -0.143. The van der Waals surface area contributed by atoms with E-state index < -0.39 is 11.9 Å². The van der Waals surface area contributed by atoms with Crippen LogP contribution in [0.5, 0.6) is 0 Å². The topological polar surface area (TPSA) is 34.5 Å². The van der Waals surface area contributed by atoms with Crippen molar-refractivity contribution in [2.75, 3.05) is 26.3 Å². The van der Waals surface area contributed by atoms with Crippen LogP contribution in [-0.2, 0) is 10.9 Å². The maximum Gasteiger partial charge on any atom is 0.431 e. The van der Waals surface area contributed by atoms with Gasteiger partial charge >= 0.3 is 6.18 Å². The van der Waals surface area contributed by atoms with Crippen LogP contribution in [0, 0.1) is 0 Å². The van der Waals surface area contributed by atoms with Gasteiger partial charge in [-0.15, -0.1) is 0 Å². The fourth-order valence-corrected chi connectivity index (χ4v) is 3.57. The molecule has 2 aliphatic rings. The van der Waals surface area contributed by atoms with Crippen LogP contribution in [0.1, 0.15) is 35.1 Å². The average Bonchev–Trinajstić information content (AvgIpc) is 3.41. The van der Waals surface area contributed by atoms with Crippen LogP contribution >= 0.6 is 11.6 Å². The normalized spacial score (nSPS) is 18.0. The van der Waals surface area contributed by atoms with Gasteiger partial charge in [0.25, 0.3) is 5.91 Å². The number of nitrogens with zero attached hydrogens (tertiary/aromatic N) is 2. The number of alkyl halides is 3. The highest BCUT2D eigenvalue weighted by Gasteiger charge is 2.43. The second-order valence-electron chi connectivity index (χ2n) is 6.80. The third-order valence-electron chi connectivity index (χ3n) is 4.90. The molecule has 2 fully saturated rings. The van der Waals surface area contributed by atoms with Gasteiger partial charge in [0, 0.05) is 29.7 Å². The van der Waals surface area contributed by atoms with Crippen molar-refractivity contribution in [2.24, 2.45) is 0 Å². The molecule has 0 spiro atoms. The number of carbonyl (C=O) groups is 1. The van der Waals surface area contributed by atoms with E-state index in [0.717, 1.165) is 6.07 Å². The first-order valence-electron chi connectivity index (χ1n) is 8.81. The van der Waals surface area contributed by atoms with Crippen molar-refractivity contribution in [3.63, 3.8) is 0 Å². The zero-order chi connectivity index (χ0) is 19.2. The fourth-order valence-electron chi connectivity index (χ4n) is 3.44. The molecule has 0 radical (unpaired) electrons. The Hall–Kier alpha value is -1.99. The van der Waals surface area contributed by atoms with Gasteiger partial charge in [-0.2, -0.15) is 13.2 Å². The number of halogens is 4. The minimum atomic E-state index is -4.53. The van der Waals surface area contributed by atoms with E-state index in [4.69, 9.17) is 16.3 Å². The van der Waals surface area contributed by atoms with Gasteiger partial charge in [0.1, 0.15) is 11.4 Å². The minimum absolute atomic E-state index is 0.106. The first kappa shape index (κ1) is 18.4. The molecule has 1 aromatic heterocycles. The number of benzene rings is 1. The Morgan fingerprint density at radius 3 is 2.30 bits per heavy atom. The van der Waals surface area contributed by atoms with E-state index in [0.29, 0.717) is 55.3 Å². The van der Waals surface area contributed by atoms with Crippen LogP contribution in [0.25, 0.3) is 11.1 Å². The molecule has 1 aliphatic heterocycles. The van der Waals surface area contributed by atoms with Gasteiger partial charge in [-0.05, 0) is 36.6 Å². The molecule has 1 saturated heterocycles. The molecule has 0 atom stereocenters. The molecule has 1 saturated carbocycles. The first-order valence-corrected chi connectivity index (χ1v) is 9.19. The van der Waals surface area contributed by atoms with E-state index in [2.05, 4.69) is 0 Å². The number of ether oxygens (including phenoxy) is 1. The number of hydrogen-bond acceptors (Lipinski definition) is 2. The van der Waals surface area contributed by atoms with Crippen molar-refractivity contribution < 1.29 is 22.7 Å². The quantitative estimate of drug-likeness (QED) is 0.755. The van der Waals surface area contributed by atoms with Crippen molar-refractivity contribution in [3.05, 3.63) is 46.7 Å². The number of morpholine rings is 1. The number of rotatable bonds is 3. The Bertz CT molecular complexity index is 851.